The number of sulfonamides is 1. The van der Waals surface area contributed by atoms with Gasteiger partial charge in [-0.05, 0) is 23.9 Å². The normalized spacial score (nSPS) is 15.1. The predicted molar refractivity (Wildman–Crippen MR) is 86.7 cm³/mol. The molecule has 0 unspecified atom stereocenters. The number of pyridine rings is 1. The van der Waals surface area contributed by atoms with Gasteiger partial charge >= 0.3 is 0 Å². The lowest BCUT2D eigenvalue weighted by Crippen LogP contribution is -2.43. The minimum absolute atomic E-state index is 0.131. The molecule has 3 heterocycles. The molecule has 0 amide bonds. The van der Waals surface area contributed by atoms with E-state index in [4.69, 9.17) is 0 Å². The first kappa shape index (κ1) is 14.3. The molecular formula is C14H17N3O2S2. The van der Waals surface area contributed by atoms with E-state index in [1.807, 2.05) is 30.6 Å². The second-order valence-electron chi connectivity index (χ2n) is 5.00. The Kier molecular flexibility index (Phi) is 3.86. The van der Waals surface area contributed by atoms with Crippen molar-refractivity contribution >= 4 is 32.7 Å². The summed E-state index contributed by atoms with van der Waals surface area (Å²) in [5.74, 6) is 0.131. The first-order valence-corrected chi connectivity index (χ1v) is 9.25. The van der Waals surface area contributed by atoms with Crippen molar-refractivity contribution in [3.8, 4) is 0 Å². The molecule has 0 fully saturated rings. The number of anilines is 2. The lowest BCUT2D eigenvalue weighted by Gasteiger charge is -2.35. The van der Waals surface area contributed by atoms with Gasteiger partial charge in [0.2, 0.25) is 10.0 Å². The summed E-state index contributed by atoms with van der Waals surface area (Å²) in [4.78, 5) is 7.23. The predicted octanol–water partition coefficient (Wildman–Crippen LogP) is 1.97. The Hall–Kier alpha value is -1.60. The highest BCUT2D eigenvalue weighted by atomic mass is 32.2. The topological polar surface area (TPSA) is 53.5 Å². The lowest BCUT2D eigenvalue weighted by atomic mass is 10.2. The third-order valence-electron chi connectivity index (χ3n) is 3.62. The van der Waals surface area contributed by atoms with Gasteiger partial charge in [-0.15, -0.1) is 11.3 Å². The third-order valence-corrected chi connectivity index (χ3v) is 6.33. The summed E-state index contributed by atoms with van der Waals surface area (Å²) in [6.07, 6.45) is 3.88. The van der Waals surface area contributed by atoms with Gasteiger partial charge in [0, 0.05) is 24.7 Å². The van der Waals surface area contributed by atoms with Gasteiger partial charge in [0.05, 0.1) is 29.9 Å². The summed E-state index contributed by atoms with van der Waals surface area (Å²) in [7, 11) is -1.36. The zero-order chi connectivity index (χ0) is 14.9. The second kappa shape index (κ2) is 5.65. The van der Waals surface area contributed by atoms with E-state index < -0.39 is 10.0 Å². The summed E-state index contributed by atoms with van der Waals surface area (Å²) < 4.78 is 26.8. The zero-order valence-corrected chi connectivity index (χ0v) is 13.4. The smallest absolute Gasteiger partial charge is 0.235 e. The van der Waals surface area contributed by atoms with Crippen LogP contribution in [0, 0.1) is 0 Å². The van der Waals surface area contributed by atoms with Crippen molar-refractivity contribution in [2.75, 3.05) is 35.1 Å². The van der Waals surface area contributed by atoms with Gasteiger partial charge in [0.25, 0.3) is 0 Å². The molecule has 112 valence electrons. The highest BCUT2D eigenvalue weighted by molar-refractivity contribution is 7.92. The van der Waals surface area contributed by atoms with E-state index in [0.29, 0.717) is 25.2 Å². The zero-order valence-electron chi connectivity index (χ0n) is 11.8. The van der Waals surface area contributed by atoms with Crippen LogP contribution < -0.4 is 9.21 Å². The van der Waals surface area contributed by atoms with Crippen molar-refractivity contribution in [3.63, 3.8) is 0 Å². The van der Waals surface area contributed by atoms with Gasteiger partial charge in [-0.1, -0.05) is 6.07 Å². The number of likely N-dealkylation sites (N-methyl/N-ethyl adjacent to an activating group) is 1. The monoisotopic (exact) mass is 323 g/mol. The first-order chi connectivity index (χ1) is 10.1. The van der Waals surface area contributed by atoms with E-state index in [0.717, 1.165) is 10.6 Å². The number of hydrogen-bond donors (Lipinski definition) is 0. The molecule has 2 aromatic heterocycles. The van der Waals surface area contributed by atoms with E-state index in [9.17, 15) is 8.42 Å². The fraction of sp³-hybridized carbons (Fsp3) is 0.357. The summed E-state index contributed by atoms with van der Waals surface area (Å²) in [6.45, 7) is 1.16. The Labute approximate surface area is 128 Å². The molecule has 1 aliphatic rings. The van der Waals surface area contributed by atoms with Gasteiger partial charge < -0.3 is 4.90 Å². The van der Waals surface area contributed by atoms with Crippen LogP contribution in [-0.2, 0) is 16.4 Å². The summed E-state index contributed by atoms with van der Waals surface area (Å²) in [5, 5.41) is 1.97. The molecule has 0 saturated heterocycles. The maximum atomic E-state index is 12.6. The molecule has 1 aliphatic heterocycles. The van der Waals surface area contributed by atoms with Crippen LogP contribution in [0.2, 0.25) is 0 Å². The highest BCUT2D eigenvalue weighted by Gasteiger charge is 2.29. The van der Waals surface area contributed by atoms with Crippen LogP contribution in [0.15, 0.2) is 36.0 Å². The van der Waals surface area contributed by atoms with E-state index in [1.54, 1.807) is 23.7 Å². The van der Waals surface area contributed by atoms with Gasteiger partial charge in [0.15, 0.2) is 0 Å². The molecule has 0 spiro atoms. The molecule has 2 aromatic rings. The molecule has 0 radical (unpaired) electrons. The van der Waals surface area contributed by atoms with Crippen LogP contribution in [-0.4, -0.2) is 39.3 Å². The molecule has 0 atom stereocenters. The number of nitrogens with zero attached hydrogens (tertiary/aromatic N) is 3. The van der Waals surface area contributed by atoms with Crippen LogP contribution >= 0.6 is 11.3 Å². The Morgan fingerprint density at radius 2 is 2.14 bits per heavy atom. The minimum Gasteiger partial charge on any atom is -0.371 e. The Balaban J connectivity index is 1.84. The number of fused-ring (bicyclic) bond motifs is 1. The number of rotatable bonds is 4. The van der Waals surface area contributed by atoms with Crippen molar-refractivity contribution in [1.29, 1.82) is 0 Å². The molecule has 3 rings (SSSR count). The Morgan fingerprint density at radius 1 is 1.29 bits per heavy atom. The summed E-state index contributed by atoms with van der Waals surface area (Å²) >= 11 is 1.59. The quantitative estimate of drug-likeness (QED) is 0.863. The van der Waals surface area contributed by atoms with Crippen molar-refractivity contribution in [2.45, 2.75) is 6.42 Å². The second-order valence-corrected chi connectivity index (χ2v) is 8.05. The van der Waals surface area contributed by atoms with Gasteiger partial charge in [-0.3, -0.25) is 9.29 Å². The minimum atomic E-state index is -3.32. The molecule has 0 N–H and O–H groups in total. The average molecular weight is 323 g/mol. The molecule has 0 bridgehead atoms. The van der Waals surface area contributed by atoms with Crippen LogP contribution in [0.4, 0.5) is 11.4 Å². The van der Waals surface area contributed by atoms with Gasteiger partial charge in [-0.2, -0.15) is 0 Å². The van der Waals surface area contributed by atoms with Crippen LogP contribution in [0.25, 0.3) is 0 Å². The number of thiophene rings is 1. The van der Waals surface area contributed by atoms with Crippen LogP contribution in [0.5, 0.6) is 0 Å². The SMILES string of the molecule is CN1CCN(S(=O)(=O)CCc2cccs2)c2cnccc21. The van der Waals surface area contributed by atoms with Crippen LogP contribution in [0.3, 0.4) is 0 Å². The van der Waals surface area contributed by atoms with Crippen molar-refractivity contribution in [2.24, 2.45) is 0 Å². The van der Waals surface area contributed by atoms with E-state index in [2.05, 4.69) is 9.88 Å². The first-order valence-electron chi connectivity index (χ1n) is 6.76. The lowest BCUT2D eigenvalue weighted by molar-refractivity contribution is 0.588. The Bertz CT molecular complexity index is 714. The standard InChI is InChI=1S/C14H17N3O2S2/c1-16-7-8-17(14-11-15-6-4-13(14)16)21(18,19)10-5-12-3-2-9-20-12/h2-4,6,9,11H,5,7-8,10H2,1H3. The van der Waals surface area contributed by atoms with E-state index in [1.165, 1.54) is 4.31 Å². The van der Waals surface area contributed by atoms with Crippen molar-refractivity contribution in [1.82, 2.24) is 4.98 Å². The van der Waals surface area contributed by atoms with Gasteiger partial charge in [-0.25, -0.2) is 8.42 Å². The van der Waals surface area contributed by atoms with Crippen molar-refractivity contribution in [3.05, 3.63) is 40.8 Å². The molecule has 0 aromatic carbocycles. The van der Waals surface area contributed by atoms with E-state index >= 15 is 0 Å². The van der Waals surface area contributed by atoms with Crippen LogP contribution in [0.1, 0.15) is 4.88 Å². The average Bonchev–Trinajstić information content (AvgIpc) is 2.99. The molecular weight excluding hydrogens is 306 g/mol. The molecule has 0 saturated carbocycles. The van der Waals surface area contributed by atoms with Crippen molar-refractivity contribution < 1.29 is 8.42 Å². The molecule has 5 nitrogen and oxygen atoms in total. The highest BCUT2D eigenvalue weighted by Crippen LogP contribution is 2.33. The molecule has 0 aliphatic carbocycles. The fourth-order valence-corrected chi connectivity index (χ4v) is 4.80. The fourth-order valence-electron chi connectivity index (χ4n) is 2.46. The Morgan fingerprint density at radius 3 is 2.90 bits per heavy atom. The molecule has 7 heteroatoms. The number of aryl methyl sites for hydroxylation is 1. The van der Waals surface area contributed by atoms with Gasteiger partial charge in [0.1, 0.15) is 0 Å². The number of aromatic nitrogens is 1. The number of hydrogen-bond acceptors (Lipinski definition) is 5. The molecule has 21 heavy (non-hydrogen) atoms. The summed E-state index contributed by atoms with van der Waals surface area (Å²) in [6, 6.07) is 5.78. The third kappa shape index (κ3) is 2.89. The summed E-state index contributed by atoms with van der Waals surface area (Å²) in [5.41, 5.74) is 1.59. The maximum Gasteiger partial charge on any atom is 0.235 e. The van der Waals surface area contributed by atoms with E-state index in [-0.39, 0.29) is 5.75 Å². The largest absolute Gasteiger partial charge is 0.371 e. The maximum absolute atomic E-state index is 12.6.